The summed E-state index contributed by atoms with van der Waals surface area (Å²) in [5.41, 5.74) is 4.19. The van der Waals surface area contributed by atoms with Gasteiger partial charge in [-0.25, -0.2) is 15.0 Å². The molecule has 0 bridgehead atoms. The smallest absolute Gasteiger partial charge is 0.261 e. The molecule has 0 radical (unpaired) electrons. The summed E-state index contributed by atoms with van der Waals surface area (Å²) in [6.45, 7) is 3.52. The van der Waals surface area contributed by atoms with Crippen molar-refractivity contribution in [2.45, 2.75) is 13.8 Å². The molecule has 0 atom stereocenters. The Hall–Kier alpha value is -4.40. The molecule has 0 aliphatic rings. The lowest BCUT2D eigenvalue weighted by Gasteiger charge is -2.13. The van der Waals surface area contributed by atoms with Gasteiger partial charge in [-0.05, 0) is 49.7 Å². The van der Waals surface area contributed by atoms with Crippen molar-refractivity contribution in [3.63, 3.8) is 0 Å². The largest absolute Gasteiger partial charge is 0.339 e. The fraction of sp³-hybridized carbons (Fsp3) is 0.0909. The van der Waals surface area contributed by atoms with Crippen LogP contribution in [0.2, 0.25) is 0 Å². The number of aryl methyl sites for hydroxylation is 1. The van der Waals surface area contributed by atoms with Crippen molar-refractivity contribution in [3.8, 4) is 11.3 Å². The lowest BCUT2D eigenvalue weighted by Crippen LogP contribution is -2.19. The fourth-order valence-corrected chi connectivity index (χ4v) is 3.04. The van der Waals surface area contributed by atoms with Crippen LogP contribution in [0.3, 0.4) is 0 Å². The first-order valence-corrected chi connectivity index (χ1v) is 9.52. The van der Waals surface area contributed by atoms with E-state index in [9.17, 15) is 4.79 Å². The molecule has 31 heavy (non-hydrogen) atoms. The second kappa shape index (κ2) is 8.54. The lowest BCUT2D eigenvalue weighted by atomic mass is 10.1. The summed E-state index contributed by atoms with van der Waals surface area (Å²) in [5.74, 6) is 0.779. The summed E-state index contributed by atoms with van der Waals surface area (Å²) in [6, 6.07) is 11.3. The lowest BCUT2D eigenvalue weighted by molar-refractivity contribution is 1.10. The molecule has 0 amide bonds. The standard InChI is InChI=1S/C22H20N8O/c1-13-3-4-16(28-20-19(14(2)23)21(31)27-12-26-20)11-18(13)30-22-25-10-7-17(29-22)15-5-8-24-9-6-15/h3-12,23H,1-2H3,(H,25,29,30)(H2,26,27,28,31). The van der Waals surface area contributed by atoms with Gasteiger partial charge in [0.15, 0.2) is 0 Å². The Morgan fingerprint density at radius 1 is 1.03 bits per heavy atom. The zero-order valence-electron chi connectivity index (χ0n) is 17.0. The number of nitrogens with one attached hydrogen (secondary N) is 4. The van der Waals surface area contributed by atoms with E-state index in [4.69, 9.17) is 5.41 Å². The maximum Gasteiger partial charge on any atom is 0.261 e. The van der Waals surface area contributed by atoms with Gasteiger partial charge < -0.3 is 21.0 Å². The van der Waals surface area contributed by atoms with Gasteiger partial charge in [-0.2, -0.15) is 0 Å². The molecule has 9 nitrogen and oxygen atoms in total. The molecule has 3 heterocycles. The van der Waals surface area contributed by atoms with Gasteiger partial charge in [-0.1, -0.05) is 6.07 Å². The number of benzene rings is 1. The summed E-state index contributed by atoms with van der Waals surface area (Å²) in [5, 5.41) is 14.2. The monoisotopic (exact) mass is 412 g/mol. The van der Waals surface area contributed by atoms with E-state index in [1.165, 1.54) is 6.33 Å². The number of pyridine rings is 1. The Kier molecular flexibility index (Phi) is 5.48. The van der Waals surface area contributed by atoms with E-state index in [1.807, 2.05) is 43.3 Å². The predicted octanol–water partition coefficient (Wildman–Crippen LogP) is 3.81. The van der Waals surface area contributed by atoms with E-state index < -0.39 is 0 Å². The molecule has 4 aromatic rings. The number of anilines is 4. The highest BCUT2D eigenvalue weighted by Crippen LogP contribution is 2.26. The third-order valence-electron chi connectivity index (χ3n) is 4.61. The molecule has 0 spiro atoms. The van der Waals surface area contributed by atoms with Gasteiger partial charge in [0.1, 0.15) is 11.4 Å². The Morgan fingerprint density at radius 3 is 2.61 bits per heavy atom. The number of hydrogen-bond acceptors (Lipinski definition) is 8. The summed E-state index contributed by atoms with van der Waals surface area (Å²) in [7, 11) is 0. The van der Waals surface area contributed by atoms with E-state index in [2.05, 4.69) is 35.6 Å². The third kappa shape index (κ3) is 4.45. The maximum absolute atomic E-state index is 12.1. The number of H-pyrrole nitrogens is 1. The van der Waals surface area contributed by atoms with Gasteiger partial charge in [0, 0.05) is 41.2 Å². The zero-order chi connectivity index (χ0) is 21.8. The van der Waals surface area contributed by atoms with Crippen LogP contribution in [0.5, 0.6) is 0 Å². The van der Waals surface area contributed by atoms with Crippen molar-refractivity contribution in [3.05, 3.63) is 82.8 Å². The molecule has 0 saturated heterocycles. The molecule has 0 fully saturated rings. The van der Waals surface area contributed by atoms with E-state index in [0.717, 1.165) is 22.5 Å². The molecule has 0 unspecified atom stereocenters. The summed E-state index contributed by atoms with van der Waals surface area (Å²) in [6.07, 6.45) is 6.44. The summed E-state index contributed by atoms with van der Waals surface area (Å²) in [4.78, 5) is 31.7. The number of aromatic nitrogens is 5. The van der Waals surface area contributed by atoms with Gasteiger partial charge >= 0.3 is 0 Å². The van der Waals surface area contributed by atoms with Gasteiger partial charge in [0.05, 0.1) is 12.0 Å². The maximum atomic E-state index is 12.1. The Morgan fingerprint density at radius 2 is 1.84 bits per heavy atom. The first-order valence-electron chi connectivity index (χ1n) is 9.52. The second-order valence-electron chi connectivity index (χ2n) is 6.86. The average molecular weight is 412 g/mol. The van der Waals surface area contributed by atoms with Crippen LogP contribution in [0.15, 0.2) is 66.1 Å². The molecular formula is C22H20N8O. The Bertz CT molecular complexity index is 1300. The number of aromatic amines is 1. The van der Waals surface area contributed by atoms with Crippen molar-refractivity contribution >= 4 is 28.9 Å². The zero-order valence-corrected chi connectivity index (χ0v) is 17.0. The van der Waals surface area contributed by atoms with Crippen LogP contribution in [-0.4, -0.2) is 30.6 Å². The molecule has 154 valence electrons. The van der Waals surface area contributed by atoms with Gasteiger partial charge in [0.2, 0.25) is 5.95 Å². The van der Waals surface area contributed by atoms with E-state index in [0.29, 0.717) is 17.5 Å². The highest BCUT2D eigenvalue weighted by Gasteiger charge is 2.12. The van der Waals surface area contributed by atoms with Crippen LogP contribution in [0.25, 0.3) is 11.3 Å². The van der Waals surface area contributed by atoms with E-state index in [-0.39, 0.29) is 16.8 Å². The first kappa shape index (κ1) is 19.9. The number of rotatable bonds is 6. The van der Waals surface area contributed by atoms with E-state index >= 15 is 0 Å². The molecule has 4 rings (SSSR count). The van der Waals surface area contributed by atoms with Crippen molar-refractivity contribution in [1.82, 2.24) is 24.9 Å². The highest BCUT2D eigenvalue weighted by atomic mass is 16.1. The van der Waals surface area contributed by atoms with Crippen molar-refractivity contribution < 1.29 is 0 Å². The number of hydrogen-bond donors (Lipinski definition) is 4. The molecule has 9 heteroatoms. The van der Waals surface area contributed by atoms with Crippen LogP contribution in [0.1, 0.15) is 18.1 Å². The van der Waals surface area contributed by atoms with Crippen LogP contribution in [-0.2, 0) is 0 Å². The molecule has 0 aliphatic carbocycles. The topological polar surface area (TPSA) is 132 Å². The van der Waals surface area contributed by atoms with Crippen molar-refractivity contribution in [2.75, 3.05) is 10.6 Å². The van der Waals surface area contributed by atoms with Crippen molar-refractivity contribution in [2.24, 2.45) is 0 Å². The highest BCUT2D eigenvalue weighted by molar-refractivity contribution is 6.00. The summed E-state index contributed by atoms with van der Waals surface area (Å²) < 4.78 is 0. The minimum Gasteiger partial charge on any atom is -0.339 e. The van der Waals surface area contributed by atoms with Crippen LogP contribution in [0.4, 0.5) is 23.1 Å². The quantitative estimate of drug-likeness (QED) is 0.354. The second-order valence-corrected chi connectivity index (χ2v) is 6.86. The minimum atomic E-state index is -0.364. The van der Waals surface area contributed by atoms with Gasteiger partial charge in [-0.3, -0.25) is 9.78 Å². The number of nitrogens with zero attached hydrogens (tertiary/aromatic N) is 4. The van der Waals surface area contributed by atoms with Crippen LogP contribution < -0.4 is 16.2 Å². The molecule has 4 N–H and O–H groups in total. The molecule has 0 aliphatic heterocycles. The third-order valence-corrected chi connectivity index (χ3v) is 4.61. The Labute approximate surface area is 178 Å². The molecular weight excluding hydrogens is 392 g/mol. The average Bonchev–Trinajstić information content (AvgIpc) is 2.77. The fourth-order valence-electron chi connectivity index (χ4n) is 3.04. The Balaban J connectivity index is 1.62. The van der Waals surface area contributed by atoms with Crippen molar-refractivity contribution in [1.29, 1.82) is 5.41 Å². The molecule has 0 saturated carbocycles. The SMILES string of the molecule is CC(=N)c1c(Nc2ccc(C)c(Nc3nccc(-c4ccncc4)n3)c2)nc[nH]c1=O. The summed E-state index contributed by atoms with van der Waals surface area (Å²) >= 11 is 0. The van der Waals surface area contributed by atoms with Crippen LogP contribution in [0, 0.1) is 12.3 Å². The van der Waals surface area contributed by atoms with Gasteiger partial charge in [0.25, 0.3) is 5.56 Å². The molecule has 3 aromatic heterocycles. The molecule has 1 aromatic carbocycles. The normalized spacial score (nSPS) is 10.5. The minimum absolute atomic E-state index is 0.128. The van der Waals surface area contributed by atoms with E-state index in [1.54, 1.807) is 25.5 Å². The first-order chi connectivity index (χ1) is 15.0. The predicted molar refractivity (Wildman–Crippen MR) is 120 cm³/mol. The van der Waals surface area contributed by atoms with Gasteiger partial charge in [-0.15, -0.1) is 0 Å². The van der Waals surface area contributed by atoms with Crippen LogP contribution >= 0.6 is 0 Å².